The van der Waals surface area contributed by atoms with Gasteiger partial charge in [-0.3, -0.25) is 0 Å². The molecule has 0 saturated carbocycles. The SMILES string of the molecule is N#Cc1cccc(-n2c3c(c4ccc5oc6ccccc6c5c42)C=CCC3)c1-c1c#cc2oc3ccccc3c2c1. The summed E-state index contributed by atoms with van der Waals surface area (Å²) in [7, 11) is 0. The fraction of sp³-hybridized carbons (Fsp3) is 0.0541. The van der Waals surface area contributed by atoms with E-state index in [1.165, 1.54) is 16.6 Å². The van der Waals surface area contributed by atoms with Crippen LogP contribution in [0.4, 0.5) is 0 Å². The number of furan rings is 2. The van der Waals surface area contributed by atoms with Crippen molar-refractivity contribution in [1.82, 2.24) is 4.57 Å². The summed E-state index contributed by atoms with van der Waals surface area (Å²) in [6, 6.07) is 37.5. The number of nitriles is 1. The lowest BCUT2D eigenvalue weighted by molar-refractivity contribution is 0.669. The monoisotopic (exact) mass is 524 g/mol. The minimum atomic E-state index is 0.588. The first-order valence-electron chi connectivity index (χ1n) is 13.7. The number of rotatable bonds is 2. The molecule has 0 radical (unpaired) electrons. The Morgan fingerprint density at radius 3 is 2.46 bits per heavy atom. The molecule has 0 saturated heterocycles. The first kappa shape index (κ1) is 22.1. The van der Waals surface area contributed by atoms with Gasteiger partial charge in [0.05, 0.1) is 28.2 Å². The Balaban J connectivity index is 1.44. The van der Waals surface area contributed by atoms with Crippen LogP contribution >= 0.6 is 0 Å². The molecule has 8 aromatic rings. The molecule has 4 nitrogen and oxygen atoms in total. The van der Waals surface area contributed by atoms with Crippen LogP contribution in [0.3, 0.4) is 0 Å². The van der Waals surface area contributed by atoms with Gasteiger partial charge in [-0.05, 0) is 61.4 Å². The van der Waals surface area contributed by atoms with Gasteiger partial charge in [0.25, 0.3) is 0 Å². The van der Waals surface area contributed by atoms with E-state index >= 15 is 0 Å². The van der Waals surface area contributed by atoms with E-state index in [9.17, 15) is 5.26 Å². The van der Waals surface area contributed by atoms with E-state index < -0.39 is 0 Å². The Hall–Kier alpha value is -5.71. The fourth-order valence-corrected chi connectivity index (χ4v) is 6.62. The van der Waals surface area contributed by atoms with Crippen molar-refractivity contribution in [3.8, 4) is 22.9 Å². The maximum Gasteiger partial charge on any atom is 0.185 e. The molecule has 0 atom stereocenters. The van der Waals surface area contributed by atoms with Gasteiger partial charge in [-0.25, -0.2) is 0 Å². The van der Waals surface area contributed by atoms with E-state index in [-0.39, 0.29) is 0 Å². The van der Waals surface area contributed by atoms with Gasteiger partial charge in [0.1, 0.15) is 16.7 Å². The van der Waals surface area contributed by atoms with E-state index in [0.29, 0.717) is 11.1 Å². The predicted molar refractivity (Wildman–Crippen MR) is 163 cm³/mol. The maximum absolute atomic E-state index is 10.4. The zero-order valence-electron chi connectivity index (χ0n) is 21.9. The standard InChI is InChI=1S/C37H20N2O2/c38-21-23-8-7-13-30(35(23)22-16-18-33-28(20-22)25-10-2-5-14-31(25)40-33)39-29-12-4-1-9-24(29)26-17-19-34-36(37(26)39)27-11-3-6-15-32(27)41-34/h1-3,5-11,13-15,17,19-20H,4,12H2. The second-order valence-corrected chi connectivity index (χ2v) is 10.5. The molecule has 0 amide bonds. The molecule has 0 bridgehead atoms. The van der Waals surface area contributed by atoms with E-state index in [2.05, 4.69) is 77.4 Å². The molecule has 0 spiro atoms. The molecule has 3 aromatic heterocycles. The highest BCUT2D eigenvalue weighted by Crippen LogP contribution is 2.44. The summed E-state index contributed by atoms with van der Waals surface area (Å²) in [4.78, 5) is 0. The normalized spacial score (nSPS) is 12.9. The van der Waals surface area contributed by atoms with Crippen molar-refractivity contribution in [2.75, 3.05) is 0 Å². The average Bonchev–Trinajstić information content (AvgIpc) is 3.69. The summed E-state index contributed by atoms with van der Waals surface area (Å²) in [6.07, 6.45) is 6.34. The maximum atomic E-state index is 10.4. The molecule has 190 valence electrons. The van der Waals surface area contributed by atoms with Gasteiger partial charge >= 0.3 is 0 Å². The molecule has 0 N–H and O–H groups in total. The van der Waals surface area contributed by atoms with Gasteiger partial charge < -0.3 is 13.4 Å². The lowest BCUT2D eigenvalue weighted by Crippen LogP contribution is -2.05. The van der Waals surface area contributed by atoms with Crippen LogP contribution < -0.4 is 0 Å². The second-order valence-electron chi connectivity index (χ2n) is 10.5. The van der Waals surface area contributed by atoms with Crippen molar-refractivity contribution >= 4 is 60.9 Å². The molecule has 0 unspecified atom stereocenters. The van der Waals surface area contributed by atoms with Gasteiger partial charge in [0.2, 0.25) is 0 Å². The van der Waals surface area contributed by atoms with Crippen LogP contribution in [0.2, 0.25) is 0 Å². The molecule has 4 heteroatoms. The van der Waals surface area contributed by atoms with Crippen LogP contribution in [0.5, 0.6) is 0 Å². The number of allylic oxidation sites excluding steroid dienone is 1. The highest BCUT2D eigenvalue weighted by molar-refractivity contribution is 6.20. The molecule has 1 aliphatic carbocycles. The zero-order chi connectivity index (χ0) is 27.1. The first-order chi connectivity index (χ1) is 20.3. The Morgan fingerprint density at radius 1 is 0.756 bits per heavy atom. The zero-order valence-corrected chi connectivity index (χ0v) is 21.9. The smallest absolute Gasteiger partial charge is 0.185 e. The second kappa shape index (κ2) is 8.15. The van der Waals surface area contributed by atoms with Crippen molar-refractivity contribution < 1.29 is 8.83 Å². The molecule has 3 heterocycles. The molecular formula is C37H20N2O2. The number of aromatic nitrogens is 1. The van der Waals surface area contributed by atoms with Gasteiger partial charge in [-0.2, -0.15) is 5.26 Å². The van der Waals surface area contributed by atoms with Gasteiger partial charge in [-0.1, -0.05) is 60.7 Å². The van der Waals surface area contributed by atoms with Crippen LogP contribution in [0.25, 0.3) is 77.7 Å². The molecule has 5 aromatic carbocycles. The number of nitrogens with zero attached hydrogens (tertiary/aromatic N) is 2. The van der Waals surface area contributed by atoms with Crippen molar-refractivity contribution in [2.24, 2.45) is 0 Å². The minimum Gasteiger partial charge on any atom is -0.456 e. The molecule has 41 heavy (non-hydrogen) atoms. The molecular weight excluding hydrogens is 504 g/mol. The molecule has 0 aliphatic heterocycles. The summed E-state index contributed by atoms with van der Waals surface area (Å²) in [6.45, 7) is 0. The van der Waals surface area contributed by atoms with E-state index in [0.717, 1.165) is 73.5 Å². The van der Waals surface area contributed by atoms with Crippen LogP contribution in [0.1, 0.15) is 23.2 Å². The molecule has 0 fully saturated rings. The summed E-state index contributed by atoms with van der Waals surface area (Å²) in [5.41, 5.74) is 9.90. The van der Waals surface area contributed by atoms with Crippen LogP contribution in [0.15, 0.2) is 99.8 Å². The number of hydrogen-bond donors (Lipinski definition) is 0. The lowest BCUT2D eigenvalue weighted by atomic mass is 9.97. The number of fused-ring (bicyclic) bond motifs is 10. The third-order valence-electron chi connectivity index (χ3n) is 8.35. The van der Waals surface area contributed by atoms with E-state index in [4.69, 9.17) is 8.83 Å². The average molecular weight is 525 g/mol. The summed E-state index contributed by atoms with van der Waals surface area (Å²) >= 11 is 0. The Kier molecular flexibility index (Phi) is 4.40. The highest BCUT2D eigenvalue weighted by Gasteiger charge is 2.25. The topological polar surface area (TPSA) is 55.0 Å². The lowest BCUT2D eigenvalue weighted by Gasteiger charge is -2.18. The predicted octanol–water partition coefficient (Wildman–Crippen LogP) is 9.53. The highest BCUT2D eigenvalue weighted by atomic mass is 16.3. The summed E-state index contributed by atoms with van der Waals surface area (Å²) < 4.78 is 14.7. The van der Waals surface area contributed by atoms with E-state index in [1.807, 2.05) is 42.5 Å². The van der Waals surface area contributed by atoms with E-state index in [1.54, 1.807) is 0 Å². The number of benzene rings is 4. The third kappa shape index (κ3) is 2.99. The summed E-state index contributed by atoms with van der Waals surface area (Å²) in [5.74, 6) is 0. The van der Waals surface area contributed by atoms with Gasteiger partial charge in [0, 0.05) is 43.9 Å². The third-order valence-corrected chi connectivity index (χ3v) is 8.35. The van der Waals surface area contributed by atoms with Crippen molar-refractivity contribution in [2.45, 2.75) is 12.8 Å². The summed E-state index contributed by atoms with van der Waals surface area (Å²) in [5, 5.41) is 15.7. The number of para-hydroxylation sites is 2. The Morgan fingerprint density at radius 2 is 1.59 bits per heavy atom. The Labute approximate surface area is 234 Å². The van der Waals surface area contributed by atoms with Gasteiger partial charge in [0.15, 0.2) is 5.58 Å². The van der Waals surface area contributed by atoms with Crippen LogP contribution in [-0.2, 0) is 6.42 Å². The quantitative estimate of drug-likeness (QED) is 0.226. The largest absolute Gasteiger partial charge is 0.456 e. The molecule has 9 rings (SSSR count). The van der Waals surface area contributed by atoms with Crippen molar-refractivity contribution in [3.05, 3.63) is 120 Å². The number of hydrogen-bond acceptors (Lipinski definition) is 3. The van der Waals surface area contributed by atoms with Crippen LogP contribution in [-0.4, -0.2) is 4.57 Å². The minimum absolute atomic E-state index is 0.588. The Bertz CT molecular complexity index is 2440. The first-order valence-corrected chi connectivity index (χ1v) is 13.7. The molecule has 1 aliphatic rings. The van der Waals surface area contributed by atoms with Crippen molar-refractivity contribution in [1.29, 1.82) is 5.26 Å². The van der Waals surface area contributed by atoms with Gasteiger partial charge in [-0.15, -0.1) is 0 Å². The fourth-order valence-electron chi connectivity index (χ4n) is 6.62. The van der Waals surface area contributed by atoms with Crippen molar-refractivity contribution in [3.63, 3.8) is 0 Å². The van der Waals surface area contributed by atoms with Crippen LogP contribution in [0, 0.1) is 23.5 Å².